The monoisotopic (exact) mass is 377 g/mol. The van der Waals surface area contributed by atoms with E-state index in [0.29, 0.717) is 5.56 Å². The van der Waals surface area contributed by atoms with Crippen molar-refractivity contribution in [1.29, 1.82) is 0 Å². The molecule has 9 heteroatoms. The first-order chi connectivity index (χ1) is 10.7. The third kappa shape index (κ3) is 4.20. The van der Waals surface area contributed by atoms with E-state index in [-0.39, 0.29) is 16.7 Å². The summed E-state index contributed by atoms with van der Waals surface area (Å²) >= 11 is 11.9. The predicted molar refractivity (Wildman–Crippen MR) is 83.4 cm³/mol. The molecule has 0 fully saturated rings. The predicted octanol–water partition coefficient (Wildman–Crippen LogP) is 3.14. The summed E-state index contributed by atoms with van der Waals surface area (Å²) in [5.74, 6) is -2.00. The van der Waals surface area contributed by atoms with Crippen LogP contribution in [0.1, 0.15) is 15.9 Å². The third-order valence-electron chi connectivity index (χ3n) is 2.90. The fraction of sp³-hybridized carbons (Fsp3) is 0.0714. The highest BCUT2D eigenvalue weighted by molar-refractivity contribution is 7.89. The molecule has 2 aromatic carbocycles. The van der Waals surface area contributed by atoms with Crippen LogP contribution in [0.25, 0.3) is 0 Å². The summed E-state index contributed by atoms with van der Waals surface area (Å²) in [5.41, 5.74) is -0.202. The molecule has 0 radical (unpaired) electrons. The molecule has 0 heterocycles. The second kappa shape index (κ2) is 6.84. The molecule has 0 saturated carbocycles. The van der Waals surface area contributed by atoms with Gasteiger partial charge >= 0.3 is 5.97 Å². The Morgan fingerprint density at radius 2 is 1.78 bits per heavy atom. The zero-order chi connectivity index (χ0) is 17.2. The average Bonchev–Trinajstić information content (AvgIpc) is 2.45. The Morgan fingerprint density at radius 3 is 2.35 bits per heavy atom. The largest absolute Gasteiger partial charge is 0.457 e. The van der Waals surface area contributed by atoms with Gasteiger partial charge in [0, 0.05) is 15.6 Å². The molecule has 0 spiro atoms. The molecular weight excluding hydrogens is 368 g/mol. The number of halogens is 3. The maximum Gasteiger partial charge on any atom is 0.341 e. The summed E-state index contributed by atoms with van der Waals surface area (Å²) < 4.78 is 41.2. The van der Waals surface area contributed by atoms with Crippen LogP contribution in [0.5, 0.6) is 0 Å². The van der Waals surface area contributed by atoms with Crippen molar-refractivity contribution in [3.8, 4) is 0 Å². The van der Waals surface area contributed by atoms with Crippen LogP contribution >= 0.6 is 23.2 Å². The Labute approximate surface area is 141 Å². The van der Waals surface area contributed by atoms with E-state index in [4.69, 9.17) is 33.1 Å². The molecule has 2 N–H and O–H groups in total. The van der Waals surface area contributed by atoms with E-state index in [1.54, 1.807) is 18.2 Å². The van der Waals surface area contributed by atoms with Crippen molar-refractivity contribution >= 4 is 39.2 Å². The maximum atomic E-state index is 13.7. The standard InChI is InChI=1S/C14H10Cl2FNO4S/c15-11-2-1-3-12(16)10(11)7-22-14(19)9-6-8(23(18,20)21)4-5-13(9)17/h1-6H,7H2,(H2,18,20,21). The molecule has 23 heavy (non-hydrogen) atoms. The Balaban J connectivity index is 2.25. The number of carbonyl (C=O) groups excluding carboxylic acids is 1. The van der Waals surface area contributed by atoms with Gasteiger partial charge in [0.25, 0.3) is 0 Å². The molecule has 0 atom stereocenters. The highest BCUT2D eigenvalue weighted by Crippen LogP contribution is 2.25. The van der Waals surface area contributed by atoms with E-state index in [1.807, 2.05) is 0 Å². The van der Waals surface area contributed by atoms with Gasteiger partial charge in [-0.3, -0.25) is 0 Å². The number of ether oxygens (including phenoxy) is 1. The molecule has 0 saturated heterocycles. The van der Waals surface area contributed by atoms with Crippen molar-refractivity contribution < 1.29 is 22.3 Å². The van der Waals surface area contributed by atoms with E-state index in [1.165, 1.54) is 0 Å². The molecule has 0 amide bonds. The van der Waals surface area contributed by atoms with E-state index in [9.17, 15) is 17.6 Å². The van der Waals surface area contributed by atoms with Crippen molar-refractivity contribution in [2.75, 3.05) is 0 Å². The van der Waals surface area contributed by atoms with Gasteiger partial charge in [-0.1, -0.05) is 29.3 Å². The number of hydrogen-bond donors (Lipinski definition) is 1. The van der Waals surface area contributed by atoms with Crippen LogP contribution in [-0.2, 0) is 21.4 Å². The molecule has 122 valence electrons. The lowest BCUT2D eigenvalue weighted by molar-refractivity contribution is 0.0467. The van der Waals surface area contributed by atoms with Gasteiger partial charge in [-0.15, -0.1) is 0 Å². The molecule has 0 aromatic heterocycles. The van der Waals surface area contributed by atoms with Gasteiger partial charge in [-0.25, -0.2) is 22.7 Å². The summed E-state index contributed by atoms with van der Waals surface area (Å²) in [6, 6.07) is 7.30. The number of hydrogen-bond acceptors (Lipinski definition) is 4. The van der Waals surface area contributed by atoms with Crippen LogP contribution in [0, 0.1) is 5.82 Å². The number of rotatable bonds is 4. The van der Waals surface area contributed by atoms with Crippen molar-refractivity contribution in [3.05, 3.63) is 63.4 Å². The van der Waals surface area contributed by atoms with Crippen molar-refractivity contribution in [1.82, 2.24) is 0 Å². The highest BCUT2D eigenvalue weighted by atomic mass is 35.5. The van der Waals surface area contributed by atoms with Crippen molar-refractivity contribution in [2.24, 2.45) is 5.14 Å². The minimum atomic E-state index is -4.07. The first-order valence-electron chi connectivity index (χ1n) is 6.12. The zero-order valence-electron chi connectivity index (χ0n) is 11.4. The lowest BCUT2D eigenvalue weighted by Gasteiger charge is -2.09. The maximum absolute atomic E-state index is 13.7. The van der Waals surface area contributed by atoms with Crippen LogP contribution in [-0.4, -0.2) is 14.4 Å². The van der Waals surface area contributed by atoms with E-state index in [0.717, 1.165) is 18.2 Å². The van der Waals surface area contributed by atoms with Crippen LogP contribution in [0.4, 0.5) is 4.39 Å². The molecule has 0 bridgehead atoms. The highest BCUT2D eigenvalue weighted by Gasteiger charge is 2.19. The van der Waals surface area contributed by atoms with Gasteiger partial charge in [-0.2, -0.15) is 0 Å². The number of primary sulfonamides is 1. The van der Waals surface area contributed by atoms with Crippen LogP contribution in [0.15, 0.2) is 41.3 Å². The summed E-state index contributed by atoms with van der Waals surface area (Å²) in [7, 11) is -4.07. The fourth-order valence-corrected chi connectivity index (χ4v) is 2.77. The summed E-state index contributed by atoms with van der Waals surface area (Å²) in [5, 5.41) is 5.51. The van der Waals surface area contributed by atoms with E-state index in [2.05, 4.69) is 0 Å². The number of carbonyl (C=O) groups is 1. The minimum Gasteiger partial charge on any atom is -0.457 e. The molecule has 5 nitrogen and oxygen atoms in total. The van der Waals surface area contributed by atoms with Crippen LogP contribution < -0.4 is 5.14 Å². The molecule has 0 aliphatic heterocycles. The van der Waals surface area contributed by atoms with Crippen molar-refractivity contribution in [3.63, 3.8) is 0 Å². The Hall–Kier alpha value is -1.67. The van der Waals surface area contributed by atoms with Crippen molar-refractivity contribution in [2.45, 2.75) is 11.5 Å². The quantitative estimate of drug-likeness (QED) is 0.829. The third-order valence-corrected chi connectivity index (χ3v) is 4.51. The Kier molecular flexibility index (Phi) is 5.26. The first-order valence-corrected chi connectivity index (χ1v) is 8.42. The SMILES string of the molecule is NS(=O)(=O)c1ccc(F)c(C(=O)OCc2c(Cl)cccc2Cl)c1. The van der Waals surface area contributed by atoms with Gasteiger partial charge in [0.05, 0.1) is 10.5 Å². The lowest BCUT2D eigenvalue weighted by atomic mass is 10.2. The number of esters is 1. The lowest BCUT2D eigenvalue weighted by Crippen LogP contribution is -2.15. The molecule has 0 aliphatic rings. The molecule has 0 aliphatic carbocycles. The topological polar surface area (TPSA) is 86.5 Å². The molecule has 2 rings (SSSR count). The Morgan fingerprint density at radius 1 is 1.17 bits per heavy atom. The van der Waals surface area contributed by atoms with Gasteiger partial charge in [-0.05, 0) is 30.3 Å². The summed E-state index contributed by atoms with van der Waals surface area (Å²) in [4.78, 5) is 11.6. The number of nitrogens with two attached hydrogens (primary N) is 1. The normalized spacial score (nSPS) is 11.3. The van der Waals surface area contributed by atoms with Gasteiger partial charge < -0.3 is 4.74 Å². The van der Waals surface area contributed by atoms with Gasteiger partial charge in [0.15, 0.2) is 0 Å². The van der Waals surface area contributed by atoms with Gasteiger partial charge in [0.1, 0.15) is 12.4 Å². The zero-order valence-corrected chi connectivity index (χ0v) is 13.8. The summed E-state index contributed by atoms with van der Waals surface area (Å²) in [6.07, 6.45) is 0. The van der Waals surface area contributed by atoms with E-state index < -0.39 is 32.3 Å². The van der Waals surface area contributed by atoms with Crippen LogP contribution in [0.3, 0.4) is 0 Å². The first kappa shape index (κ1) is 17.7. The summed E-state index contributed by atoms with van der Waals surface area (Å²) in [6.45, 7) is -0.295. The molecular formula is C14H10Cl2FNO4S. The van der Waals surface area contributed by atoms with Crippen LogP contribution in [0.2, 0.25) is 10.0 Å². The van der Waals surface area contributed by atoms with Gasteiger partial charge in [0.2, 0.25) is 10.0 Å². The number of benzene rings is 2. The number of sulfonamides is 1. The smallest absolute Gasteiger partial charge is 0.341 e. The fourth-order valence-electron chi connectivity index (χ4n) is 1.72. The molecule has 2 aromatic rings. The minimum absolute atomic E-state index is 0.282. The Bertz CT molecular complexity index is 851. The van der Waals surface area contributed by atoms with E-state index >= 15 is 0 Å². The second-order valence-electron chi connectivity index (χ2n) is 4.46. The average molecular weight is 378 g/mol. The second-order valence-corrected chi connectivity index (χ2v) is 6.84. The molecule has 0 unspecified atom stereocenters.